The van der Waals surface area contributed by atoms with E-state index in [1.165, 1.54) is 0 Å². The summed E-state index contributed by atoms with van der Waals surface area (Å²) in [5.41, 5.74) is 2.14. The molecular formula is C24H21NO5S. The third-order valence-corrected chi connectivity index (χ3v) is 5.33. The number of carbonyl (C=O) groups excluding carboxylic acids is 3. The highest BCUT2D eigenvalue weighted by molar-refractivity contribution is 8.18. The molecule has 1 saturated heterocycles. The van der Waals surface area contributed by atoms with Crippen molar-refractivity contribution in [3.63, 3.8) is 0 Å². The second-order valence-corrected chi connectivity index (χ2v) is 7.68. The molecule has 2 amide bonds. The smallest absolute Gasteiger partial charge is 0.293 e. The van der Waals surface area contributed by atoms with Crippen molar-refractivity contribution in [2.45, 2.75) is 13.8 Å². The molecule has 2 aromatic rings. The number of rotatable bonds is 8. The molecule has 0 spiro atoms. The number of thioether (sulfide) groups is 1. The monoisotopic (exact) mass is 435 g/mol. The Bertz CT molecular complexity index is 1080. The fourth-order valence-corrected chi connectivity index (χ4v) is 3.72. The number of ether oxygens (including phenoxy) is 2. The molecule has 31 heavy (non-hydrogen) atoms. The van der Waals surface area contributed by atoms with Gasteiger partial charge in [0.25, 0.3) is 11.1 Å². The normalized spacial score (nSPS) is 14.6. The number of ketones is 1. The van der Waals surface area contributed by atoms with Crippen LogP contribution in [0.3, 0.4) is 0 Å². The summed E-state index contributed by atoms with van der Waals surface area (Å²) < 4.78 is 11.0. The number of Topliss-reactive ketones (excluding diaryl/α,β-unsaturated/α-hetero) is 1. The van der Waals surface area contributed by atoms with E-state index in [2.05, 4.69) is 5.92 Å². The Morgan fingerprint density at radius 2 is 1.87 bits per heavy atom. The third-order valence-electron chi connectivity index (χ3n) is 4.43. The lowest BCUT2D eigenvalue weighted by Gasteiger charge is -2.12. The average Bonchev–Trinajstić information content (AvgIpc) is 3.01. The standard InChI is InChI=1S/C24H21NO5S/c1-4-12-30-20-11-8-17(13-21(20)29-5-2)14-22-23(27)25(24(28)31-22)15-19(26)18-9-6-16(3)7-10-18/h1,6-11,13-14H,5,12,15H2,2-3H3/b22-14-. The van der Waals surface area contributed by atoms with Crippen LogP contribution in [0.15, 0.2) is 47.4 Å². The highest BCUT2D eigenvalue weighted by Crippen LogP contribution is 2.34. The SMILES string of the molecule is C#CCOc1ccc(/C=C2\SC(=O)N(CC(=O)c3ccc(C)cc3)C2=O)cc1OCC. The first-order valence-corrected chi connectivity index (χ1v) is 10.4. The molecule has 2 aromatic carbocycles. The number of terminal acetylenes is 1. The number of aryl methyl sites for hydroxylation is 1. The number of hydrogen-bond donors (Lipinski definition) is 0. The van der Waals surface area contributed by atoms with Crippen LogP contribution in [0.5, 0.6) is 11.5 Å². The van der Waals surface area contributed by atoms with Crippen molar-refractivity contribution in [2.75, 3.05) is 19.8 Å². The lowest BCUT2D eigenvalue weighted by molar-refractivity contribution is -0.122. The molecule has 7 heteroatoms. The molecule has 3 rings (SSSR count). The van der Waals surface area contributed by atoms with Gasteiger partial charge in [-0.3, -0.25) is 19.3 Å². The molecule has 0 bridgehead atoms. The number of amides is 2. The van der Waals surface area contributed by atoms with Gasteiger partial charge in [-0.1, -0.05) is 41.8 Å². The van der Waals surface area contributed by atoms with Gasteiger partial charge in [0.05, 0.1) is 18.1 Å². The van der Waals surface area contributed by atoms with Crippen LogP contribution in [0.1, 0.15) is 28.4 Å². The van der Waals surface area contributed by atoms with Crippen molar-refractivity contribution < 1.29 is 23.9 Å². The maximum Gasteiger partial charge on any atom is 0.293 e. The predicted octanol–water partition coefficient (Wildman–Crippen LogP) is 4.32. The second kappa shape index (κ2) is 10.0. The van der Waals surface area contributed by atoms with Gasteiger partial charge >= 0.3 is 0 Å². The van der Waals surface area contributed by atoms with Crippen molar-refractivity contribution >= 4 is 34.8 Å². The first-order valence-electron chi connectivity index (χ1n) is 9.61. The van der Waals surface area contributed by atoms with Gasteiger partial charge in [-0.25, -0.2) is 0 Å². The fraction of sp³-hybridized carbons (Fsp3) is 0.208. The highest BCUT2D eigenvalue weighted by Gasteiger charge is 2.36. The zero-order valence-electron chi connectivity index (χ0n) is 17.2. The number of benzene rings is 2. The summed E-state index contributed by atoms with van der Waals surface area (Å²) in [5, 5.41) is -0.476. The molecule has 0 N–H and O–H groups in total. The van der Waals surface area contributed by atoms with Crippen molar-refractivity contribution in [1.82, 2.24) is 4.90 Å². The fourth-order valence-electron chi connectivity index (χ4n) is 2.88. The summed E-state index contributed by atoms with van der Waals surface area (Å²) in [6.07, 6.45) is 6.82. The zero-order valence-corrected chi connectivity index (χ0v) is 18.0. The number of nitrogens with zero attached hydrogens (tertiary/aromatic N) is 1. The van der Waals surface area contributed by atoms with Gasteiger partial charge in [-0.15, -0.1) is 6.42 Å². The van der Waals surface area contributed by atoms with E-state index in [1.54, 1.807) is 36.4 Å². The third kappa shape index (κ3) is 5.36. The Hall–Kier alpha value is -3.50. The number of carbonyl (C=O) groups is 3. The van der Waals surface area contributed by atoms with E-state index < -0.39 is 11.1 Å². The first kappa shape index (κ1) is 22.2. The van der Waals surface area contributed by atoms with Gasteiger partial charge in [-0.05, 0) is 49.4 Å². The second-order valence-electron chi connectivity index (χ2n) is 6.69. The molecule has 0 aromatic heterocycles. The zero-order chi connectivity index (χ0) is 22.4. The summed E-state index contributed by atoms with van der Waals surface area (Å²) in [6, 6.07) is 12.1. The van der Waals surface area contributed by atoms with Crippen molar-refractivity contribution in [3.05, 3.63) is 64.1 Å². The van der Waals surface area contributed by atoms with Crippen molar-refractivity contribution in [1.29, 1.82) is 0 Å². The minimum Gasteiger partial charge on any atom is -0.490 e. The summed E-state index contributed by atoms with van der Waals surface area (Å²) in [6.45, 7) is 3.99. The van der Waals surface area contributed by atoms with Crippen LogP contribution in [-0.2, 0) is 4.79 Å². The number of hydrogen-bond acceptors (Lipinski definition) is 6. The average molecular weight is 436 g/mol. The Morgan fingerprint density at radius 1 is 1.13 bits per heavy atom. The predicted molar refractivity (Wildman–Crippen MR) is 120 cm³/mol. The molecule has 6 nitrogen and oxygen atoms in total. The molecule has 0 atom stereocenters. The topological polar surface area (TPSA) is 72.9 Å². The quantitative estimate of drug-likeness (QED) is 0.349. The van der Waals surface area contributed by atoms with Crippen LogP contribution in [0.4, 0.5) is 4.79 Å². The molecule has 0 radical (unpaired) electrons. The maximum absolute atomic E-state index is 12.7. The Kier molecular flexibility index (Phi) is 7.16. The molecule has 1 fully saturated rings. The van der Waals surface area contributed by atoms with Crippen molar-refractivity contribution in [3.8, 4) is 23.8 Å². The van der Waals surface area contributed by atoms with Crippen molar-refractivity contribution in [2.24, 2.45) is 0 Å². The maximum atomic E-state index is 12.7. The lowest BCUT2D eigenvalue weighted by Crippen LogP contribution is -2.33. The van der Waals surface area contributed by atoms with E-state index in [-0.39, 0.29) is 23.8 Å². The first-order chi connectivity index (χ1) is 14.9. The molecule has 0 saturated carbocycles. The van der Waals surface area contributed by atoms with Gasteiger partial charge in [0, 0.05) is 5.56 Å². The largest absolute Gasteiger partial charge is 0.490 e. The Labute approximate surface area is 185 Å². The van der Waals surface area contributed by atoms with Crippen LogP contribution >= 0.6 is 11.8 Å². The molecule has 0 aliphatic carbocycles. The lowest BCUT2D eigenvalue weighted by atomic mass is 10.1. The Morgan fingerprint density at radius 3 is 2.55 bits per heavy atom. The van der Waals surface area contributed by atoms with Crippen LogP contribution < -0.4 is 9.47 Å². The minimum absolute atomic E-state index is 0.104. The summed E-state index contributed by atoms with van der Waals surface area (Å²) in [5.74, 6) is 2.58. The minimum atomic E-state index is -0.499. The van der Waals surface area contributed by atoms with E-state index in [1.807, 2.05) is 26.0 Å². The highest BCUT2D eigenvalue weighted by atomic mass is 32.2. The van der Waals surface area contributed by atoms with Gasteiger partial charge in [0.15, 0.2) is 17.3 Å². The van der Waals surface area contributed by atoms with E-state index in [0.29, 0.717) is 29.2 Å². The van der Waals surface area contributed by atoms with Crippen LogP contribution in [0.2, 0.25) is 0 Å². The summed E-state index contributed by atoms with van der Waals surface area (Å²) in [4.78, 5) is 38.8. The Balaban J connectivity index is 1.78. The molecule has 1 aliphatic heterocycles. The molecule has 158 valence electrons. The number of imide groups is 1. The van der Waals surface area contributed by atoms with E-state index >= 15 is 0 Å². The van der Waals surface area contributed by atoms with Gasteiger partial charge in [0.1, 0.15) is 6.61 Å². The molecular weight excluding hydrogens is 414 g/mol. The summed E-state index contributed by atoms with van der Waals surface area (Å²) >= 11 is 0.801. The molecule has 0 unspecified atom stereocenters. The summed E-state index contributed by atoms with van der Waals surface area (Å²) in [7, 11) is 0. The molecule has 1 heterocycles. The van der Waals surface area contributed by atoms with E-state index in [4.69, 9.17) is 15.9 Å². The van der Waals surface area contributed by atoms with Gasteiger partial charge < -0.3 is 9.47 Å². The molecule has 1 aliphatic rings. The van der Waals surface area contributed by atoms with Crippen LogP contribution in [0, 0.1) is 19.3 Å². The van der Waals surface area contributed by atoms with Gasteiger partial charge in [-0.2, -0.15) is 0 Å². The van der Waals surface area contributed by atoms with E-state index in [9.17, 15) is 14.4 Å². The van der Waals surface area contributed by atoms with Crippen LogP contribution in [0.25, 0.3) is 6.08 Å². The van der Waals surface area contributed by atoms with Crippen LogP contribution in [-0.4, -0.2) is 41.6 Å². The van der Waals surface area contributed by atoms with E-state index in [0.717, 1.165) is 22.2 Å². The van der Waals surface area contributed by atoms with Gasteiger partial charge in [0.2, 0.25) is 0 Å².